The predicted molar refractivity (Wildman–Crippen MR) is 94.0 cm³/mol. The van der Waals surface area contributed by atoms with Crippen LogP contribution in [0.5, 0.6) is 0 Å². The largest absolute Gasteiger partial charge is 0.444 e. The molecule has 0 saturated carbocycles. The SMILES string of the molecule is CN(C)c1ncc(I)c(C2CCCN2C(=O)OC(C)(C)C)n1. The van der Waals surface area contributed by atoms with Crippen LogP contribution in [0.25, 0.3) is 0 Å². The molecule has 0 radical (unpaired) electrons. The molecule has 0 bridgehead atoms. The van der Waals surface area contributed by atoms with Crippen LogP contribution in [0.1, 0.15) is 45.3 Å². The monoisotopic (exact) mass is 418 g/mol. The van der Waals surface area contributed by atoms with Gasteiger partial charge in [0.1, 0.15) is 5.60 Å². The Hall–Kier alpha value is -1.12. The van der Waals surface area contributed by atoms with Gasteiger partial charge in [-0.2, -0.15) is 0 Å². The highest BCUT2D eigenvalue weighted by Crippen LogP contribution is 2.34. The molecule has 1 aromatic heterocycles. The van der Waals surface area contributed by atoms with Gasteiger partial charge in [-0.25, -0.2) is 14.8 Å². The number of halogens is 1. The van der Waals surface area contributed by atoms with Crippen molar-refractivity contribution in [1.29, 1.82) is 0 Å². The first kappa shape index (κ1) is 17.2. The molecule has 0 N–H and O–H groups in total. The molecule has 0 aliphatic carbocycles. The van der Waals surface area contributed by atoms with E-state index in [2.05, 4.69) is 32.6 Å². The van der Waals surface area contributed by atoms with Crippen molar-refractivity contribution < 1.29 is 9.53 Å². The molecule has 1 aliphatic heterocycles. The molecule has 122 valence electrons. The highest BCUT2D eigenvalue weighted by atomic mass is 127. The Morgan fingerprint density at radius 3 is 2.73 bits per heavy atom. The Balaban J connectivity index is 2.27. The fourth-order valence-electron chi connectivity index (χ4n) is 2.41. The topological polar surface area (TPSA) is 58.6 Å². The quantitative estimate of drug-likeness (QED) is 0.691. The summed E-state index contributed by atoms with van der Waals surface area (Å²) in [4.78, 5) is 25.0. The van der Waals surface area contributed by atoms with Gasteiger partial charge in [-0.1, -0.05) is 0 Å². The number of ether oxygens (including phenoxy) is 1. The van der Waals surface area contributed by atoms with E-state index in [1.54, 1.807) is 4.90 Å². The molecular formula is C15H23IN4O2. The minimum absolute atomic E-state index is 0.0385. The van der Waals surface area contributed by atoms with E-state index < -0.39 is 5.60 Å². The van der Waals surface area contributed by atoms with Crippen LogP contribution in [0.4, 0.5) is 10.7 Å². The number of nitrogens with zero attached hydrogens (tertiary/aromatic N) is 4. The lowest BCUT2D eigenvalue weighted by atomic mass is 10.1. The van der Waals surface area contributed by atoms with Crippen LogP contribution in [0.2, 0.25) is 0 Å². The van der Waals surface area contributed by atoms with Crippen molar-refractivity contribution in [3.8, 4) is 0 Å². The summed E-state index contributed by atoms with van der Waals surface area (Å²) in [5.74, 6) is 0.659. The van der Waals surface area contributed by atoms with E-state index >= 15 is 0 Å². The Kier molecular flexibility index (Phi) is 5.14. The molecule has 2 heterocycles. The summed E-state index contributed by atoms with van der Waals surface area (Å²) in [6.45, 7) is 6.36. The van der Waals surface area contributed by atoms with Crippen molar-refractivity contribution in [2.75, 3.05) is 25.5 Å². The number of hydrogen-bond acceptors (Lipinski definition) is 5. The summed E-state index contributed by atoms with van der Waals surface area (Å²) in [5.41, 5.74) is 0.417. The zero-order valence-corrected chi connectivity index (χ0v) is 15.9. The average molecular weight is 418 g/mol. The molecule has 1 aromatic rings. The van der Waals surface area contributed by atoms with E-state index in [-0.39, 0.29) is 12.1 Å². The van der Waals surface area contributed by atoms with Crippen molar-refractivity contribution in [3.63, 3.8) is 0 Å². The van der Waals surface area contributed by atoms with Gasteiger partial charge in [0.25, 0.3) is 0 Å². The molecule has 22 heavy (non-hydrogen) atoms. The number of anilines is 1. The molecule has 2 rings (SSSR count). The summed E-state index contributed by atoms with van der Waals surface area (Å²) >= 11 is 2.23. The molecule has 1 unspecified atom stereocenters. The molecule has 6 nitrogen and oxygen atoms in total. The smallest absolute Gasteiger partial charge is 0.410 e. The van der Waals surface area contributed by atoms with Gasteiger partial charge >= 0.3 is 6.09 Å². The Bertz CT molecular complexity index is 557. The van der Waals surface area contributed by atoms with Crippen LogP contribution in [-0.2, 0) is 4.74 Å². The van der Waals surface area contributed by atoms with Gasteiger partial charge in [-0.3, -0.25) is 4.90 Å². The molecule has 0 aromatic carbocycles. The molecule has 1 aliphatic rings. The minimum Gasteiger partial charge on any atom is -0.444 e. The fraction of sp³-hybridized carbons (Fsp3) is 0.667. The van der Waals surface area contributed by atoms with E-state index in [1.165, 1.54) is 0 Å². The third-order valence-electron chi connectivity index (χ3n) is 3.35. The maximum atomic E-state index is 12.4. The first-order valence-electron chi connectivity index (χ1n) is 7.38. The maximum Gasteiger partial charge on any atom is 0.410 e. The van der Waals surface area contributed by atoms with Crippen LogP contribution in [-0.4, -0.2) is 47.2 Å². The van der Waals surface area contributed by atoms with E-state index in [1.807, 2.05) is 46.0 Å². The van der Waals surface area contributed by atoms with Crippen molar-refractivity contribution in [1.82, 2.24) is 14.9 Å². The van der Waals surface area contributed by atoms with Crippen LogP contribution in [0, 0.1) is 3.57 Å². The van der Waals surface area contributed by atoms with Gasteiger partial charge in [-0.15, -0.1) is 0 Å². The third kappa shape index (κ3) is 3.99. The average Bonchev–Trinajstić information content (AvgIpc) is 2.86. The van der Waals surface area contributed by atoms with Crippen LogP contribution in [0.15, 0.2) is 6.20 Å². The number of hydrogen-bond donors (Lipinski definition) is 0. The van der Waals surface area contributed by atoms with E-state index in [0.29, 0.717) is 12.5 Å². The van der Waals surface area contributed by atoms with Gasteiger partial charge < -0.3 is 9.64 Å². The Morgan fingerprint density at radius 1 is 1.45 bits per heavy atom. The number of likely N-dealkylation sites (tertiary alicyclic amines) is 1. The first-order chi connectivity index (χ1) is 10.2. The number of rotatable bonds is 2. The summed E-state index contributed by atoms with van der Waals surface area (Å²) < 4.78 is 6.50. The lowest BCUT2D eigenvalue weighted by Gasteiger charge is -2.29. The van der Waals surface area contributed by atoms with Gasteiger partial charge in [0.05, 0.1) is 15.3 Å². The maximum absolute atomic E-state index is 12.4. The lowest BCUT2D eigenvalue weighted by Crippen LogP contribution is -2.37. The normalized spacial score (nSPS) is 18.5. The summed E-state index contributed by atoms with van der Waals surface area (Å²) in [6.07, 6.45) is 3.40. The number of carbonyl (C=O) groups is 1. The molecule has 1 amide bonds. The Morgan fingerprint density at radius 2 is 2.14 bits per heavy atom. The van der Waals surface area contributed by atoms with Gasteiger partial charge in [0.15, 0.2) is 0 Å². The minimum atomic E-state index is -0.488. The number of carbonyl (C=O) groups excluding carboxylic acids is 1. The highest BCUT2D eigenvalue weighted by Gasteiger charge is 2.35. The lowest BCUT2D eigenvalue weighted by molar-refractivity contribution is 0.0221. The van der Waals surface area contributed by atoms with Gasteiger partial charge in [-0.05, 0) is 56.2 Å². The Labute approximate surface area is 145 Å². The molecular weight excluding hydrogens is 395 g/mol. The second-order valence-electron chi connectivity index (χ2n) is 6.63. The van der Waals surface area contributed by atoms with Crippen molar-refractivity contribution in [2.24, 2.45) is 0 Å². The molecule has 1 atom stereocenters. The fourth-order valence-corrected chi connectivity index (χ4v) is 3.03. The zero-order valence-electron chi connectivity index (χ0n) is 13.8. The standard InChI is InChI=1S/C15H23IN4O2/c1-15(2,3)22-14(21)20-8-6-7-11(20)12-10(16)9-17-13(18-12)19(4)5/h9,11H,6-8H2,1-5H3. The van der Waals surface area contributed by atoms with Crippen molar-refractivity contribution in [3.05, 3.63) is 15.5 Å². The summed E-state index contributed by atoms with van der Waals surface area (Å²) in [6, 6.07) is -0.0385. The van der Waals surface area contributed by atoms with E-state index in [0.717, 1.165) is 22.1 Å². The second kappa shape index (κ2) is 6.55. The predicted octanol–water partition coefficient (Wildman–Crippen LogP) is 3.22. The zero-order chi connectivity index (χ0) is 16.5. The molecule has 0 spiro atoms. The number of aromatic nitrogens is 2. The molecule has 1 saturated heterocycles. The van der Waals surface area contributed by atoms with Crippen molar-refractivity contribution in [2.45, 2.75) is 45.3 Å². The summed E-state index contributed by atoms with van der Waals surface area (Å²) in [5, 5.41) is 0. The first-order valence-corrected chi connectivity index (χ1v) is 8.46. The molecule has 1 fully saturated rings. The van der Waals surface area contributed by atoms with Crippen LogP contribution in [0.3, 0.4) is 0 Å². The van der Waals surface area contributed by atoms with E-state index in [4.69, 9.17) is 4.74 Å². The van der Waals surface area contributed by atoms with E-state index in [9.17, 15) is 4.79 Å². The van der Waals surface area contributed by atoms with Crippen LogP contribution >= 0.6 is 22.6 Å². The van der Waals surface area contributed by atoms with Crippen LogP contribution < -0.4 is 4.90 Å². The molecule has 7 heteroatoms. The van der Waals surface area contributed by atoms with Gasteiger partial charge in [0.2, 0.25) is 5.95 Å². The third-order valence-corrected chi connectivity index (χ3v) is 4.19. The van der Waals surface area contributed by atoms with Crippen molar-refractivity contribution >= 4 is 34.6 Å². The van der Waals surface area contributed by atoms with Gasteiger partial charge in [0, 0.05) is 26.8 Å². The highest BCUT2D eigenvalue weighted by molar-refractivity contribution is 14.1. The number of amides is 1. The second-order valence-corrected chi connectivity index (χ2v) is 7.79. The summed E-state index contributed by atoms with van der Waals surface area (Å²) in [7, 11) is 3.82.